The molecule has 14 heteroatoms. The third-order valence-corrected chi connectivity index (χ3v) is 10.6. The molecule has 2 N–H and O–H groups in total. The van der Waals surface area contributed by atoms with Gasteiger partial charge in [-0.25, -0.2) is 34.9 Å². The van der Waals surface area contributed by atoms with E-state index in [4.69, 9.17) is 19.2 Å². The van der Waals surface area contributed by atoms with Crippen LogP contribution in [0, 0.1) is 6.92 Å². The van der Waals surface area contributed by atoms with E-state index in [-0.39, 0.29) is 0 Å². The van der Waals surface area contributed by atoms with Crippen molar-refractivity contribution in [3.63, 3.8) is 0 Å². The molecule has 4 aromatic carbocycles. The number of nitrogens with zero attached hydrogens (tertiary/aromatic N) is 9. The zero-order valence-corrected chi connectivity index (χ0v) is 32.5. The Morgan fingerprint density at radius 3 is 2.15 bits per heavy atom. The molecule has 0 saturated heterocycles. The molecule has 0 aliphatic carbocycles. The van der Waals surface area contributed by atoms with Gasteiger partial charge in [-0.2, -0.15) is 0 Å². The number of hydrogen-bond donors (Lipinski definition) is 2. The number of ether oxygens (including phenoxy) is 3. The number of aromatic amines is 2. The number of hydrogen-bond acceptors (Lipinski definition) is 12. The molecule has 292 valence electrons. The number of aryl methyl sites for hydroxylation is 1. The first-order valence-corrected chi connectivity index (χ1v) is 19.4. The standard InChI is InChI=1S/C25H22N6O2.C20H17N5O/c1-15-29-21-11-19(32-2)4-5-20(21)25(30-15)31-7-8-33-23-6-3-16(9-18(23)13-31)17-10-22-24(26-12-17)28-14-27-22;1-3-17-18(23-13-22-17)10-15(1)14-2-4-19-16(9-14)11-25(7-8-26-19)20-5-6-21-12-24-20/h3-6,9-12,14H,7-8,13H2,1-2H3,(H,26,27,28);1-6,9-10,12-13H,7-8,11H2,(H,22,23). The van der Waals surface area contributed by atoms with Gasteiger partial charge in [0.25, 0.3) is 0 Å². The lowest BCUT2D eigenvalue weighted by atomic mass is 10.0. The normalized spacial score (nSPS) is 13.7. The van der Waals surface area contributed by atoms with Crippen molar-refractivity contribution in [2.75, 3.05) is 43.2 Å². The number of nitrogens with one attached hydrogen (secondary N) is 2. The molecule has 14 nitrogen and oxygen atoms in total. The molecular formula is C45H39N11O3. The van der Waals surface area contributed by atoms with Gasteiger partial charge in [0, 0.05) is 53.6 Å². The summed E-state index contributed by atoms with van der Waals surface area (Å²) in [5.41, 5.74) is 11.2. The molecule has 59 heavy (non-hydrogen) atoms. The van der Waals surface area contributed by atoms with Gasteiger partial charge in [0.2, 0.25) is 0 Å². The van der Waals surface area contributed by atoms with Crippen LogP contribution in [0.4, 0.5) is 11.6 Å². The highest BCUT2D eigenvalue weighted by atomic mass is 16.5. The number of H-pyrrole nitrogens is 2. The number of pyridine rings is 1. The minimum absolute atomic E-state index is 0.578. The van der Waals surface area contributed by atoms with Crippen molar-refractivity contribution in [2.24, 2.45) is 0 Å². The Hall–Kier alpha value is -7.61. The summed E-state index contributed by atoms with van der Waals surface area (Å²) in [6, 6.07) is 28.9. The van der Waals surface area contributed by atoms with E-state index in [1.807, 2.05) is 49.5 Å². The number of methoxy groups -OCH3 is 1. The van der Waals surface area contributed by atoms with E-state index in [1.54, 1.807) is 32.3 Å². The van der Waals surface area contributed by atoms with Gasteiger partial charge >= 0.3 is 0 Å². The lowest BCUT2D eigenvalue weighted by Crippen LogP contribution is -2.26. The Morgan fingerprint density at radius 1 is 0.644 bits per heavy atom. The van der Waals surface area contributed by atoms with Crippen LogP contribution in [0.15, 0.2) is 116 Å². The van der Waals surface area contributed by atoms with Crippen molar-refractivity contribution in [2.45, 2.75) is 20.0 Å². The molecule has 0 unspecified atom stereocenters. The fourth-order valence-electron chi connectivity index (χ4n) is 7.67. The van der Waals surface area contributed by atoms with Gasteiger partial charge < -0.3 is 34.0 Å². The molecule has 0 saturated carbocycles. The van der Waals surface area contributed by atoms with Crippen molar-refractivity contribution >= 4 is 44.7 Å². The highest BCUT2D eigenvalue weighted by Gasteiger charge is 2.21. The van der Waals surface area contributed by atoms with Crippen molar-refractivity contribution in [3.8, 4) is 39.5 Å². The van der Waals surface area contributed by atoms with Crippen LogP contribution in [0.1, 0.15) is 17.0 Å². The fourth-order valence-corrected chi connectivity index (χ4v) is 7.67. The van der Waals surface area contributed by atoms with Crippen molar-refractivity contribution < 1.29 is 14.2 Å². The molecule has 5 aromatic heterocycles. The van der Waals surface area contributed by atoms with Gasteiger partial charge in [0.15, 0.2) is 5.65 Å². The maximum absolute atomic E-state index is 6.09. The van der Waals surface area contributed by atoms with Crippen LogP contribution in [-0.4, -0.2) is 78.3 Å². The summed E-state index contributed by atoms with van der Waals surface area (Å²) in [5, 5.41) is 0.995. The molecule has 0 atom stereocenters. The van der Waals surface area contributed by atoms with E-state index in [0.29, 0.717) is 25.4 Å². The van der Waals surface area contributed by atoms with E-state index in [1.165, 1.54) is 0 Å². The maximum atomic E-state index is 6.09. The zero-order chi connectivity index (χ0) is 39.7. The number of imidazole rings is 2. The molecule has 0 spiro atoms. The second-order valence-corrected chi connectivity index (χ2v) is 14.4. The predicted octanol–water partition coefficient (Wildman–Crippen LogP) is 7.70. The first kappa shape index (κ1) is 35.8. The Labute approximate surface area is 338 Å². The van der Waals surface area contributed by atoms with Crippen LogP contribution in [0.2, 0.25) is 0 Å². The quantitative estimate of drug-likeness (QED) is 0.176. The van der Waals surface area contributed by atoms with Gasteiger partial charge in [-0.05, 0) is 84.3 Å². The highest BCUT2D eigenvalue weighted by Crippen LogP contribution is 2.35. The zero-order valence-electron chi connectivity index (χ0n) is 32.5. The second-order valence-electron chi connectivity index (χ2n) is 14.4. The van der Waals surface area contributed by atoms with Gasteiger partial charge in [-0.3, -0.25) is 0 Å². The summed E-state index contributed by atoms with van der Waals surface area (Å²) in [6.07, 6.45) is 8.59. The van der Waals surface area contributed by atoms with Gasteiger partial charge in [0.1, 0.15) is 54.2 Å². The SMILES string of the molecule is COc1ccc2c(N3CCOc4ccc(-c5cnc6nc[nH]c6c5)cc4C3)nc(C)nc2c1.c1cc(N2CCOc3ccc(-c4ccc5nc[nH]c5c4)cc3C2)ncn1. The minimum Gasteiger partial charge on any atom is -0.497 e. The summed E-state index contributed by atoms with van der Waals surface area (Å²) in [5.74, 6) is 5.16. The first-order valence-electron chi connectivity index (χ1n) is 19.4. The molecule has 9 aromatic rings. The Kier molecular flexibility index (Phi) is 9.33. The average Bonchev–Trinajstić information content (AvgIpc) is 3.84. The lowest BCUT2D eigenvalue weighted by Gasteiger charge is -2.23. The topological polar surface area (TPSA) is 156 Å². The fraction of sp³-hybridized carbons (Fsp3) is 0.178. The van der Waals surface area contributed by atoms with Crippen LogP contribution in [-0.2, 0) is 13.1 Å². The smallest absolute Gasteiger partial charge is 0.177 e. The molecule has 0 bridgehead atoms. The Bertz CT molecular complexity index is 2950. The third kappa shape index (κ3) is 7.27. The average molecular weight is 782 g/mol. The molecule has 0 amide bonds. The molecular weight excluding hydrogens is 743 g/mol. The summed E-state index contributed by atoms with van der Waals surface area (Å²) >= 11 is 0. The highest BCUT2D eigenvalue weighted by molar-refractivity contribution is 5.91. The molecule has 11 rings (SSSR count). The van der Waals surface area contributed by atoms with E-state index >= 15 is 0 Å². The van der Waals surface area contributed by atoms with Crippen LogP contribution in [0.25, 0.3) is 55.4 Å². The molecule has 2 aliphatic heterocycles. The summed E-state index contributed by atoms with van der Waals surface area (Å²) in [7, 11) is 1.66. The summed E-state index contributed by atoms with van der Waals surface area (Å²) in [6.45, 7) is 6.09. The largest absolute Gasteiger partial charge is 0.497 e. The second kappa shape index (κ2) is 15.4. The number of fused-ring (bicyclic) bond motifs is 5. The van der Waals surface area contributed by atoms with Crippen LogP contribution >= 0.6 is 0 Å². The van der Waals surface area contributed by atoms with Crippen LogP contribution in [0.3, 0.4) is 0 Å². The number of rotatable bonds is 5. The number of aromatic nitrogens is 9. The first-order chi connectivity index (χ1) is 29.0. The predicted molar refractivity (Wildman–Crippen MR) is 227 cm³/mol. The van der Waals surface area contributed by atoms with Crippen LogP contribution < -0.4 is 24.0 Å². The van der Waals surface area contributed by atoms with Gasteiger partial charge in [-0.1, -0.05) is 18.2 Å². The molecule has 0 fully saturated rings. The van der Waals surface area contributed by atoms with E-state index in [2.05, 4.69) is 98.2 Å². The maximum Gasteiger partial charge on any atom is 0.177 e. The molecule has 0 radical (unpaired) electrons. The van der Waals surface area contributed by atoms with Crippen molar-refractivity contribution in [1.29, 1.82) is 0 Å². The number of benzene rings is 4. The van der Waals surface area contributed by atoms with Gasteiger partial charge in [0.05, 0.1) is 54.9 Å². The third-order valence-electron chi connectivity index (χ3n) is 10.6. The van der Waals surface area contributed by atoms with Crippen LogP contribution in [0.5, 0.6) is 17.2 Å². The Morgan fingerprint density at radius 2 is 1.36 bits per heavy atom. The minimum atomic E-state index is 0.578. The van der Waals surface area contributed by atoms with E-state index in [9.17, 15) is 0 Å². The molecule has 2 aliphatic rings. The number of anilines is 2. The monoisotopic (exact) mass is 781 g/mol. The summed E-state index contributed by atoms with van der Waals surface area (Å²) < 4.78 is 17.4. The summed E-state index contributed by atoms with van der Waals surface area (Å²) in [4.78, 5) is 41.5. The van der Waals surface area contributed by atoms with Crippen molar-refractivity contribution in [3.05, 3.63) is 133 Å². The van der Waals surface area contributed by atoms with Crippen molar-refractivity contribution in [1.82, 2.24) is 44.9 Å². The van der Waals surface area contributed by atoms with E-state index in [0.717, 1.165) is 115 Å². The van der Waals surface area contributed by atoms with Gasteiger partial charge in [-0.15, -0.1) is 0 Å². The Balaban J connectivity index is 0.000000147. The van der Waals surface area contributed by atoms with E-state index < -0.39 is 0 Å². The lowest BCUT2D eigenvalue weighted by molar-refractivity contribution is 0.331. The molecule has 7 heterocycles.